The van der Waals surface area contributed by atoms with Crippen molar-refractivity contribution in [1.29, 1.82) is 0 Å². The van der Waals surface area contributed by atoms with Gasteiger partial charge >= 0.3 is 0 Å². The van der Waals surface area contributed by atoms with Crippen LogP contribution in [-0.4, -0.2) is 11.9 Å². The summed E-state index contributed by atoms with van der Waals surface area (Å²) < 4.78 is 15.5. The van der Waals surface area contributed by atoms with Crippen molar-refractivity contribution in [2.24, 2.45) is 0 Å². The smallest absolute Gasteiger partial charge is 0.231 e. The standard InChI is InChI=1S/C10H7ClN2O3/c11-9-5(7-3-8(12)13-16-7)1-2-6-10(9)15-4-14-6/h1-3H,4H2,(H2,12,13). The fraction of sp³-hybridized carbons (Fsp3) is 0.100. The monoisotopic (exact) mass is 238 g/mol. The molecule has 6 heteroatoms. The van der Waals surface area contributed by atoms with Crippen molar-refractivity contribution in [2.45, 2.75) is 0 Å². The number of rotatable bonds is 1. The molecule has 0 aliphatic carbocycles. The van der Waals surface area contributed by atoms with E-state index in [0.717, 1.165) is 0 Å². The maximum Gasteiger partial charge on any atom is 0.231 e. The van der Waals surface area contributed by atoms with Gasteiger partial charge in [-0.1, -0.05) is 16.8 Å². The fourth-order valence-corrected chi connectivity index (χ4v) is 1.85. The molecule has 0 saturated carbocycles. The summed E-state index contributed by atoms with van der Waals surface area (Å²) in [6.07, 6.45) is 0. The van der Waals surface area contributed by atoms with E-state index in [1.807, 2.05) is 0 Å². The topological polar surface area (TPSA) is 70.5 Å². The van der Waals surface area contributed by atoms with Crippen molar-refractivity contribution < 1.29 is 14.0 Å². The van der Waals surface area contributed by atoms with E-state index in [1.54, 1.807) is 18.2 Å². The van der Waals surface area contributed by atoms with Gasteiger partial charge in [-0.15, -0.1) is 0 Å². The lowest BCUT2D eigenvalue weighted by molar-refractivity contribution is 0.174. The van der Waals surface area contributed by atoms with E-state index < -0.39 is 0 Å². The molecule has 2 N–H and O–H groups in total. The molecule has 82 valence electrons. The van der Waals surface area contributed by atoms with Crippen LogP contribution in [0, 0.1) is 0 Å². The average Bonchev–Trinajstić information content (AvgIpc) is 2.87. The lowest BCUT2D eigenvalue weighted by atomic mass is 10.1. The van der Waals surface area contributed by atoms with Gasteiger partial charge in [-0.25, -0.2) is 0 Å². The Morgan fingerprint density at radius 2 is 2.19 bits per heavy atom. The quantitative estimate of drug-likeness (QED) is 0.826. The highest BCUT2D eigenvalue weighted by Gasteiger charge is 2.21. The number of fused-ring (bicyclic) bond motifs is 1. The molecular formula is C10H7ClN2O3. The van der Waals surface area contributed by atoms with E-state index >= 15 is 0 Å². The van der Waals surface area contributed by atoms with Crippen LogP contribution in [0.1, 0.15) is 0 Å². The molecule has 1 aromatic carbocycles. The van der Waals surface area contributed by atoms with Gasteiger partial charge in [0.25, 0.3) is 0 Å². The van der Waals surface area contributed by atoms with Crippen LogP contribution >= 0.6 is 11.6 Å². The molecule has 0 saturated heterocycles. The van der Waals surface area contributed by atoms with Gasteiger partial charge in [0.2, 0.25) is 6.79 Å². The van der Waals surface area contributed by atoms with Gasteiger partial charge in [0.05, 0.1) is 5.02 Å². The lowest BCUT2D eigenvalue weighted by Gasteiger charge is -2.02. The van der Waals surface area contributed by atoms with Crippen LogP contribution in [0.3, 0.4) is 0 Å². The van der Waals surface area contributed by atoms with Crippen LogP contribution in [0.5, 0.6) is 11.5 Å². The molecule has 0 spiro atoms. The molecule has 0 radical (unpaired) electrons. The van der Waals surface area contributed by atoms with Crippen molar-refractivity contribution in [3.05, 3.63) is 23.2 Å². The summed E-state index contributed by atoms with van der Waals surface area (Å²) in [5.41, 5.74) is 6.15. The number of ether oxygens (including phenoxy) is 2. The maximum atomic E-state index is 6.16. The second kappa shape index (κ2) is 3.31. The highest BCUT2D eigenvalue weighted by atomic mass is 35.5. The molecule has 1 aromatic heterocycles. The van der Waals surface area contributed by atoms with Crippen LogP contribution in [0.2, 0.25) is 5.02 Å². The summed E-state index contributed by atoms with van der Waals surface area (Å²) in [6.45, 7) is 0.178. The SMILES string of the molecule is Nc1cc(-c2ccc3c(c2Cl)OCO3)on1. The molecule has 5 nitrogen and oxygen atoms in total. The maximum absolute atomic E-state index is 6.16. The Bertz CT molecular complexity index is 553. The lowest BCUT2D eigenvalue weighted by Crippen LogP contribution is -1.93. The summed E-state index contributed by atoms with van der Waals surface area (Å²) in [5, 5.41) is 4.04. The predicted molar refractivity (Wildman–Crippen MR) is 57.5 cm³/mol. The van der Waals surface area contributed by atoms with Crippen LogP contribution < -0.4 is 15.2 Å². The third-order valence-corrected chi connectivity index (χ3v) is 2.65. The van der Waals surface area contributed by atoms with Crippen molar-refractivity contribution in [1.82, 2.24) is 5.16 Å². The highest BCUT2D eigenvalue weighted by Crippen LogP contribution is 2.44. The van der Waals surface area contributed by atoms with Gasteiger partial charge in [0.1, 0.15) is 0 Å². The molecule has 16 heavy (non-hydrogen) atoms. The number of benzene rings is 1. The average molecular weight is 239 g/mol. The number of hydrogen-bond donors (Lipinski definition) is 1. The van der Waals surface area contributed by atoms with Crippen molar-refractivity contribution in [3.63, 3.8) is 0 Å². The first kappa shape index (κ1) is 9.35. The molecule has 0 fully saturated rings. The zero-order valence-electron chi connectivity index (χ0n) is 8.07. The summed E-state index contributed by atoms with van der Waals surface area (Å²) >= 11 is 6.16. The van der Waals surface area contributed by atoms with Crippen LogP contribution in [0.25, 0.3) is 11.3 Å². The minimum Gasteiger partial charge on any atom is -0.454 e. The van der Waals surface area contributed by atoms with E-state index in [1.165, 1.54) is 0 Å². The van der Waals surface area contributed by atoms with Crippen LogP contribution in [0.15, 0.2) is 22.7 Å². The number of nitrogens with zero attached hydrogens (tertiary/aromatic N) is 1. The van der Waals surface area contributed by atoms with E-state index in [9.17, 15) is 0 Å². The first-order valence-electron chi connectivity index (χ1n) is 4.56. The van der Waals surface area contributed by atoms with Gasteiger partial charge in [-0.3, -0.25) is 0 Å². The largest absolute Gasteiger partial charge is 0.454 e. The molecule has 1 aliphatic rings. The number of nitrogens with two attached hydrogens (primary N) is 1. The third kappa shape index (κ3) is 1.29. The van der Waals surface area contributed by atoms with E-state index in [-0.39, 0.29) is 6.79 Å². The van der Waals surface area contributed by atoms with Gasteiger partial charge in [-0.2, -0.15) is 0 Å². The molecular weight excluding hydrogens is 232 g/mol. The summed E-state index contributed by atoms with van der Waals surface area (Å²) in [6, 6.07) is 5.14. The summed E-state index contributed by atoms with van der Waals surface area (Å²) in [7, 11) is 0. The fourth-order valence-electron chi connectivity index (χ4n) is 1.54. The van der Waals surface area contributed by atoms with E-state index in [2.05, 4.69) is 5.16 Å². The Hall–Kier alpha value is -1.88. The minimum absolute atomic E-state index is 0.178. The predicted octanol–water partition coefficient (Wildman–Crippen LogP) is 2.31. The third-order valence-electron chi connectivity index (χ3n) is 2.27. The van der Waals surface area contributed by atoms with Crippen LogP contribution in [0.4, 0.5) is 5.82 Å². The Labute approximate surface area is 95.7 Å². The molecule has 0 bridgehead atoms. The molecule has 1 aliphatic heterocycles. The number of anilines is 1. The van der Waals surface area contributed by atoms with Crippen molar-refractivity contribution in [2.75, 3.05) is 12.5 Å². The molecule has 2 aromatic rings. The first-order valence-corrected chi connectivity index (χ1v) is 4.94. The molecule has 3 rings (SSSR count). The minimum atomic E-state index is 0.178. The normalized spacial score (nSPS) is 13.1. The van der Waals surface area contributed by atoms with E-state index in [0.29, 0.717) is 33.7 Å². The second-order valence-corrected chi connectivity index (χ2v) is 3.65. The van der Waals surface area contributed by atoms with Crippen molar-refractivity contribution >= 4 is 17.4 Å². The summed E-state index contributed by atoms with van der Waals surface area (Å²) in [4.78, 5) is 0. The molecule has 2 heterocycles. The van der Waals surface area contributed by atoms with E-state index in [4.69, 9.17) is 31.3 Å². The molecule has 0 atom stereocenters. The van der Waals surface area contributed by atoms with Gasteiger partial charge in [0, 0.05) is 11.6 Å². The van der Waals surface area contributed by atoms with Gasteiger partial charge in [0.15, 0.2) is 23.1 Å². The zero-order valence-corrected chi connectivity index (χ0v) is 8.82. The Morgan fingerprint density at radius 1 is 1.31 bits per heavy atom. The number of aromatic nitrogens is 1. The van der Waals surface area contributed by atoms with Crippen LogP contribution in [-0.2, 0) is 0 Å². The number of halogens is 1. The second-order valence-electron chi connectivity index (χ2n) is 3.28. The first-order chi connectivity index (χ1) is 7.75. The highest BCUT2D eigenvalue weighted by molar-refractivity contribution is 6.35. The summed E-state index contributed by atoms with van der Waals surface area (Å²) in [5.74, 6) is 1.96. The Kier molecular flexibility index (Phi) is 1.94. The Morgan fingerprint density at radius 3 is 2.94 bits per heavy atom. The Balaban J connectivity index is 2.15. The van der Waals surface area contributed by atoms with Gasteiger partial charge in [-0.05, 0) is 12.1 Å². The van der Waals surface area contributed by atoms with Gasteiger partial charge < -0.3 is 19.7 Å². The van der Waals surface area contributed by atoms with Crippen molar-refractivity contribution in [3.8, 4) is 22.8 Å². The number of hydrogen-bond acceptors (Lipinski definition) is 5. The number of nitrogen functional groups attached to an aromatic ring is 1. The molecule has 0 amide bonds. The molecule has 0 unspecified atom stereocenters. The zero-order chi connectivity index (χ0) is 11.1.